The molecule has 1 aromatic carbocycles. The molecule has 6 heteroatoms. The van der Waals surface area contributed by atoms with Crippen molar-refractivity contribution in [2.75, 3.05) is 13.7 Å². The van der Waals surface area contributed by atoms with E-state index in [-0.39, 0.29) is 6.61 Å². The molecule has 0 fully saturated rings. The molecule has 0 saturated carbocycles. The molecule has 98 valence electrons. The lowest BCUT2D eigenvalue weighted by Gasteiger charge is -2.08. The third-order valence-electron chi connectivity index (χ3n) is 2.12. The molecule has 19 heavy (non-hydrogen) atoms. The average Bonchev–Trinajstić information content (AvgIpc) is 2.42. The molecule has 0 atom stereocenters. The predicted molar refractivity (Wildman–Crippen MR) is 65.8 cm³/mol. The second-order valence-electron chi connectivity index (χ2n) is 3.36. The molecule has 0 saturated heterocycles. The minimum absolute atomic E-state index is 0.108. The van der Waals surface area contributed by atoms with Crippen LogP contribution in [0, 0.1) is 11.3 Å². The highest BCUT2D eigenvalue weighted by Crippen LogP contribution is 2.28. The molecule has 0 unspecified atom stereocenters. The van der Waals surface area contributed by atoms with Gasteiger partial charge in [-0.3, -0.25) is 4.79 Å². The lowest BCUT2D eigenvalue weighted by Crippen LogP contribution is -2.08. The Bertz CT molecular complexity index is 557. The van der Waals surface area contributed by atoms with Crippen molar-refractivity contribution in [2.24, 2.45) is 0 Å². The van der Waals surface area contributed by atoms with Crippen molar-refractivity contribution in [1.82, 2.24) is 0 Å². The van der Waals surface area contributed by atoms with Crippen molar-refractivity contribution < 1.29 is 24.2 Å². The monoisotopic (exact) mass is 261 g/mol. The fourth-order valence-electron chi connectivity index (χ4n) is 1.26. The van der Waals surface area contributed by atoms with Gasteiger partial charge in [-0.05, 0) is 23.8 Å². The number of carboxylic acid groups (broad SMARTS) is 1. The van der Waals surface area contributed by atoms with E-state index < -0.39 is 11.8 Å². The Hall–Kier alpha value is -2.81. The third kappa shape index (κ3) is 4.16. The van der Waals surface area contributed by atoms with Gasteiger partial charge in [0.15, 0.2) is 18.1 Å². The summed E-state index contributed by atoms with van der Waals surface area (Å²) < 4.78 is 10.2. The molecule has 0 heterocycles. The van der Waals surface area contributed by atoms with Gasteiger partial charge >= 0.3 is 5.97 Å². The second kappa shape index (κ2) is 6.81. The SMILES string of the molecule is COc1cc(/C=C/C(=O)C(=O)O)ccc1OCC#N. The first-order valence-corrected chi connectivity index (χ1v) is 5.21. The molecule has 6 nitrogen and oxygen atoms in total. The Morgan fingerprint density at radius 2 is 2.16 bits per heavy atom. The summed E-state index contributed by atoms with van der Waals surface area (Å²) in [6.45, 7) is -0.108. The van der Waals surface area contributed by atoms with E-state index in [4.69, 9.17) is 19.8 Å². The molecule has 0 aromatic heterocycles. The zero-order chi connectivity index (χ0) is 14.3. The summed E-state index contributed by atoms with van der Waals surface area (Å²) in [6, 6.07) is 6.58. The van der Waals surface area contributed by atoms with E-state index in [2.05, 4.69) is 0 Å². The minimum atomic E-state index is -1.52. The van der Waals surface area contributed by atoms with Gasteiger partial charge in [0.2, 0.25) is 0 Å². The number of methoxy groups -OCH3 is 1. The molecule has 0 amide bonds. The maximum absolute atomic E-state index is 10.9. The summed E-state index contributed by atoms with van der Waals surface area (Å²) in [4.78, 5) is 21.2. The average molecular weight is 261 g/mol. The van der Waals surface area contributed by atoms with Crippen molar-refractivity contribution >= 4 is 17.8 Å². The first-order chi connectivity index (χ1) is 9.08. The number of benzene rings is 1. The summed E-state index contributed by atoms with van der Waals surface area (Å²) in [5.74, 6) is -1.74. The fourth-order valence-corrected chi connectivity index (χ4v) is 1.26. The van der Waals surface area contributed by atoms with E-state index in [1.54, 1.807) is 18.2 Å². The number of carbonyl (C=O) groups is 2. The molecule has 0 radical (unpaired) electrons. The molecule has 0 aliphatic carbocycles. The van der Waals surface area contributed by atoms with Crippen LogP contribution < -0.4 is 9.47 Å². The number of ketones is 1. The van der Waals surface area contributed by atoms with Gasteiger partial charge in [-0.25, -0.2) is 4.79 Å². The minimum Gasteiger partial charge on any atom is -0.493 e. The van der Waals surface area contributed by atoms with Crippen LogP contribution in [-0.2, 0) is 9.59 Å². The highest BCUT2D eigenvalue weighted by atomic mass is 16.5. The molecule has 1 N–H and O–H groups in total. The van der Waals surface area contributed by atoms with Crippen molar-refractivity contribution in [1.29, 1.82) is 5.26 Å². The number of carbonyl (C=O) groups excluding carboxylic acids is 1. The highest BCUT2D eigenvalue weighted by molar-refractivity contribution is 6.38. The quantitative estimate of drug-likeness (QED) is 0.611. The van der Waals surface area contributed by atoms with Crippen molar-refractivity contribution in [3.63, 3.8) is 0 Å². The largest absolute Gasteiger partial charge is 0.493 e. The van der Waals surface area contributed by atoms with Gasteiger partial charge in [-0.2, -0.15) is 5.26 Å². The molecule has 0 bridgehead atoms. The lowest BCUT2D eigenvalue weighted by atomic mass is 10.1. The number of ether oxygens (including phenoxy) is 2. The fraction of sp³-hybridized carbons (Fsp3) is 0.154. The van der Waals surface area contributed by atoms with E-state index >= 15 is 0 Å². The van der Waals surface area contributed by atoms with E-state index in [1.807, 2.05) is 6.07 Å². The Morgan fingerprint density at radius 3 is 2.74 bits per heavy atom. The van der Waals surface area contributed by atoms with Crippen LogP contribution in [0.4, 0.5) is 0 Å². The number of nitriles is 1. The van der Waals surface area contributed by atoms with Crippen LogP contribution in [0.15, 0.2) is 24.3 Å². The maximum Gasteiger partial charge on any atom is 0.376 e. The molecular weight excluding hydrogens is 250 g/mol. The number of carboxylic acids is 1. The Balaban J connectivity index is 2.91. The normalized spacial score (nSPS) is 9.89. The summed E-state index contributed by atoms with van der Waals surface area (Å²) in [6.07, 6.45) is 2.31. The van der Waals surface area contributed by atoms with Crippen molar-refractivity contribution in [3.8, 4) is 17.6 Å². The smallest absolute Gasteiger partial charge is 0.376 e. The number of hydrogen-bond donors (Lipinski definition) is 1. The maximum atomic E-state index is 10.9. The number of hydrogen-bond acceptors (Lipinski definition) is 5. The first-order valence-electron chi connectivity index (χ1n) is 5.21. The van der Waals surface area contributed by atoms with Crippen LogP contribution in [-0.4, -0.2) is 30.6 Å². The van der Waals surface area contributed by atoms with Gasteiger partial charge < -0.3 is 14.6 Å². The van der Waals surface area contributed by atoms with Crippen LogP contribution in [0.25, 0.3) is 6.08 Å². The van der Waals surface area contributed by atoms with Crippen molar-refractivity contribution in [2.45, 2.75) is 0 Å². The Kier molecular flexibility index (Phi) is 5.11. The summed E-state index contributed by atoms with van der Waals surface area (Å²) in [5.41, 5.74) is 0.579. The van der Waals surface area contributed by atoms with Crippen LogP contribution in [0.1, 0.15) is 5.56 Å². The molecule has 0 aliphatic rings. The molecule has 1 aromatic rings. The Morgan fingerprint density at radius 1 is 1.42 bits per heavy atom. The first kappa shape index (κ1) is 14.3. The van der Waals surface area contributed by atoms with Gasteiger partial charge in [0.05, 0.1) is 7.11 Å². The zero-order valence-electron chi connectivity index (χ0n) is 10.1. The summed E-state index contributed by atoms with van der Waals surface area (Å²) >= 11 is 0. The topological polar surface area (TPSA) is 96.6 Å². The van der Waals surface area contributed by atoms with E-state index in [1.165, 1.54) is 13.2 Å². The van der Waals surface area contributed by atoms with Crippen LogP contribution in [0.2, 0.25) is 0 Å². The van der Waals surface area contributed by atoms with Crippen LogP contribution >= 0.6 is 0 Å². The molecule has 0 spiro atoms. The van der Waals surface area contributed by atoms with Gasteiger partial charge in [-0.15, -0.1) is 0 Å². The molecule has 1 rings (SSSR count). The number of nitrogens with zero attached hydrogens (tertiary/aromatic N) is 1. The van der Waals surface area contributed by atoms with Gasteiger partial charge in [0, 0.05) is 0 Å². The number of rotatable bonds is 6. The highest BCUT2D eigenvalue weighted by Gasteiger charge is 2.07. The lowest BCUT2D eigenvalue weighted by molar-refractivity contribution is -0.146. The third-order valence-corrected chi connectivity index (χ3v) is 2.12. The number of aliphatic carboxylic acids is 1. The van der Waals surface area contributed by atoms with Crippen molar-refractivity contribution in [3.05, 3.63) is 29.8 Å². The summed E-state index contributed by atoms with van der Waals surface area (Å²) in [7, 11) is 1.43. The molecular formula is C13H11NO5. The van der Waals surface area contributed by atoms with E-state index in [9.17, 15) is 9.59 Å². The molecule has 0 aliphatic heterocycles. The van der Waals surface area contributed by atoms with Gasteiger partial charge in [0.1, 0.15) is 6.07 Å². The van der Waals surface area contributed by atoms with Crippen LogP contribution in [0.3, 0.4) is 0 Å². The van der Waals surface area contributed by atoms with E-state index in [0.717, 1.165) is 6.08 Å². The van der Waals surface area contributed by atoms with Gasteiger partial charge in [0.25, 0.3) is 5.78 Å². The Labute approximate surface area is 109 Å². The summed E-state index contributed by atoms with van der Waals surface area (Å²) in [5, 5.41) is 16.8. The zero-order valence-corrected chi connectivity index (χ0v) is 10.1. The van der Waals surface area contributed by atoms with Crippen LogP contribution in [0.5, 0.6) is 11.5 Å². The van der Waals surface area contributed by atoms with Gasteiger partial charge in [-0.1, -0.05) is 12.1 Å². The predicted octanol–water partition coefficient (Wildman–Crippen LogP) is 1.26. The van der Waals surface area contributed by atoms with E-state index in [0.29, 0.717) is 17.1 Å². The second-order valence-corrected chi connectivity index (χ2v) is 3.36. The standard InChI is InChI=1S/C13H11NO5/c1-18-12-8-9(2-4-10(15)13(16)17)3-5-11(12)19-7-6-14/h2-5,8H,7H2,1H3,(H,16,17)/b4-2+.